The number of ether oxygens (including phenoxy) is 6. The summed E-state index contributed by atoms with van der Waals surface area (Å²) in [6.07, 6.45) is 10.7. The van der Waals surface area contributed by atoms with Crippen molar-refractivity contribution in [1.82, 2.24) is 9.13 Å². The summed E-state index contributed by atoms with van der Waals surface area (Å²) in [6.45, 7) is 17.9. The van der Waals surface area contributed by atoms with Gasteiger partial charge in [0.1, 0.15) is 40.8 Å². The zero-order valence-corrected chi connectivity index (χ0v) is 49.7. The third kappa shape index (κ3) is 15.8. The fraction of sp³-hybridized carbons (Fsp3) is 0.516. The van der Waals surface area contributed by atoms with Gasteiger partial charge in [-0.05, 0) is 110 Å². The molecule has 14 nitrogen and oxygen atoms in total. The summed E-state index contributed by atoms with van der Waals surface area (Å²) in [6, 6.07) is 29.1. The molecule has 1 saturated heterocycles. The number of aryl methyl sites for hydroxylation is 1. The lowest BCUT2D eigenvalue weighted by Crippen LogP contribution is -2.52. The van der Waals surface area contributed by atoms with Crippen LogP contribution in [0.15, 0.2) is 113 Å². The molecule has 0 bridgehead atoms. The highest BCUT2D eigenvalue weighted by Gasteiger charge is 2.54. The van der Waals surface area contributed by atoms with Crippen LogP contribution in [0, 0.1) is 13.8 Å². The maximum atomic E-state index is 15.1. The number of nitrogens with zero attached hydrogens (tertiary/aromatic N) is 2. The Morgan fingerprint density at radius 2 is 1.23 bits per heavy atom. The summed E-state index contributed by atoms with van der Waals surface area (Å²) in [5.74, 6) is 0.0434. The van der Waals surface area contributed by atoms with Crippen molar-refractivity contribution in [3.05, 3.63) is 157 Å². The monoisotopic (exact) mass is 1100 g/mol. The third-order valence-electron chi connectivity index (χ3n) is 15.7. The van der Waals surface area contributed by atoms with E-state index in [1.165, 1.54) is 70.9 Å². The Morgan fingerprint density at radius 1 is 0.684 bits per heavy atom. The van der Waals surface area contributed by atoms with Gasteiger partial charge in [0.05, 0.1) is 33.9 Å². The lowest BCUT2D eigenvalue weighted by Gasteiger charge is -2.40. The van der Waals surface area contributed by atoms with E-state index in [1.807, 2.05) is 106 Å². The molecule has 0 spiro atoms. The molecule has 5 aromatic rings. The molecule has 1 aliphatic rings. The summed E-state index contributed by atoms with van der Waals surface area (Å²) >= 11 is 0. The average Bonchev–Trinajstić information content (AvgIpc) is 3.97. The number of Topliss-reactive ketones (excluding diaryl/α,β-unsaturated/α-hetero) is 1. The van der Waals surface area contributed by atoms with Gasteiger partial charge in [-0.25, -0.2) is 4.79 Å². The van der Waals surface area contributed by atoms with E-state index < -0.39 is 66.6 Å². The summed E-state index contributed by atoms with van der Waals surface area (Å²) < 4.78 is 47.1. The van der Waals surface area contributed by atoms with Crippen molar-refractivity contribution < 1.29 is 47.2 Å². The van der Waals surface area contributed by atoms with Gasteiger partial charge in [-0.2, -0.15) is 4.57 Å². The SMILES string of the molecule is CCCCCCCCCCCCCCOc1cc(C(=O)n2c(=O)ccn([C@@H]3O[C@H](COC(c4ccccc4)(c4ccc(OC)cc4)c4ccc(OC)cc4)C(OC(=O)CCC(C)=O)[C@@H]3O[Si](C)(C)C(C)(C)C)c2=O)cc(C)c1C. The van der Waals surface area contributed by atoms with Gasteiger partial charge in [-0.3, -0.25) is 19.0 Å². The van der Waals surface area contributed by atoms with Crippen molar-refractivity contribution in [1.29, 1.82) is 0 Å². The van der Waals surface area contributed by atoms with E-state index in [9.17, 15) is 19.2 Å². The Kier molecular flexibility index (Phi) is 22.7. The fourth-order valence-electron chi connectivity index (χ4n) is 9.85. The van der Waals surface area contributed by atoms with Crippen LogP contribution < -0.4 is 25.5 Å². The molecule has 0 aliphatic carbocycles. The minimum Gasteiger partial charge on any atom is -0.497 e. The molecule has 79 heavy (non-hydrogen) atoms. The van der Waals surface area contributed by atoms with Crippen molar-refractivity contribution in [2.75, 3.05) is 27.4 Å². The van der Waals surface area contributed by atoms with Gasteiger partial charge in [-0.15, -0.1) is 0 Å². The Labute approximate surface area is 469 Å². The topological polar surface area (TPSA) is 160 Å². The van der Waals surface area contributed by atoms with Crippen LogP contribution in [-0.2, 0) is 33.8 Å². The van der Waals surface area contributed by atoms with Crippen molar-refractivity contribution in [2.24, 2.45) is 0 Å². The predicted octanol–water partition coefficient (Wildman–Crippen LogP) is 13.0. The summed E-state index contributed by atoms with van der Waals surface area (Å²) in [4.78, 5) is 69.9. The van der Waals surface area contributed by atoms with Gasteiger partial charge in [-0.1, -0.05) is 153 Å². The van der Waals surface area contributed by atoms with Crippen molar-refractivity contribution >= 4 is 26.0 Å². The maximum absolute atomic E-state index is 15.1. The van der Waals surface area contributed by atoms with Gasteiger partial charge < -0.3 is 37.6 Å². The number of ketones is 1. The maximum Gasteiger partial charge on any atom is 0.340 e. The second-order valence-electron chi connectivity index (χ2n) is 22.5. The first kappa shape index (κ1) is 62.1. The molecule has 0 N–H and O–H groups in total. The number of benzene rings is 4. The van der Waals surface area contributed by atoms with Gasteiger partial charge in [0, 0.05) is 24.2 Å². The van der Waals surface area contributed by atoms with Gasteiger partial charge in [0.25, 0.3) is 11.5 Å². The Bertz CT molecular complexity index is 2840. The van der Waals surface area contributed by atoms with Gasteiger partial charge in [0.2, 0.25) is 0 Å². The smallest absolute Gasteiger partial charge is 0.340 e. The number of hydrogen-bond acceptors (Lipinski definition) is 12. The summed E-state index contributed by atoms with van der Waals surface area (Å²) in [7, 11) is 0.329. The van der Waals surface area contributed by atoms with E-state index in [4.69, 9.17) is 32.8 Å². The van der Waals surface area contributed by atoms with Gasteiger partial charge >= 0.3 is 11.7 Å². The number of aromatic nitrogens is 2. The highest BCUT2D eigenvalue weighted by molar-refractivity contribution is 6.74. The quantitative estimate of drug-likeness (QED) is 0.0186. The van der Waals surface area contributed by atoms with Crippen LogP contribution in [0.25, 0.3) is 0 Å². The molecular weight excluding hydrogens is 1020 g/mol. The number of unbranched alkanes of at least 4 members (excludes halogenated alkanes) is 11. The van der Waals surface area contributed by atoms with E-state index in [1.54, 1.807) is 26.4 Å². The molecule has 428 valence electrons. The summed E-state index contributed by atoms with van der Waals surface area (Å²) in [5, 5.41) is -0.393. The second-order valence-corrected chi connectivity index (χ2v) is 27.3. The van der Waals surface area contributed by atoms with E-state index in [0.29, 0.717) is 28.4 Å². The zero-order valence-electron chi connectivity index (χ0n) is 48.7. The lowest BCUT2D eigenvalue weighted by molar-refractivity contribution is -0.159. The number of esters is 1. The van der Waals surface area contributed by atoms with E-state index in [2.05, 4.69) is 27.7 Å². The molecule has 0 radical (unpaired) electrons. The molecule has 4 atom stereocenters. The number of carbonyl (C=O) groups is 3. The largest absolute Gasteiger partial charge is 0.497 e. The van der Waals surface area contributed by atoms with Crippen LogP contribution in [0.4, 0.5) is 0 Å². The standard InChI is InChI=1S/C64H86N2O12Si/c1-12-13-14-15-16-17-18-19-20-21-22-26-41-74-54-43-48(42-45(2)47(54)4)60(70)66-56(68)39-40-65(62(66)71)61-59(78-79(10,11)63(5,6)7)58(77-57(69)38-29-46(3)67)55(76-61)44-75-64(49-27-24-23-25-28-49,50-30-34-52(72-8)35-31-50)51-32-36-53(73-9)37-33-51/h23-25,27-28,30-37,39-40,42-43,55,58-59,61H,12-22,26,29,38,41,44H2,1-11H3/t55-,58?,59+,61-/m1/s1. The molecule has 1 aliphatic heterocycles. The average molecular weight is 1100 g/mol. The number of rotatable bonds is 30. The molecule has 15 heteroatoms. The lowest BCUT2D eigenvalue weighted by atomic mass is 9.80. The first-order chi connectivity index (χ1) is 37.8. The molecule has 0 amide bonds. The normalized spacial score (nSPS) is 16.6. The molecule has 4 aromatic carbocycles. The molecule has 1 aromatic heterocycles. The van der Waals surface area contributed by atoms with Crippen LogP contribution in [-0.4, -0.2) is 80.9 Å². The fourth-order valence-corrected chi connectivity index (χ4v) is 11.1. The van der Waals surface area contributed by atoms with Crippen LogP contribution in [0.5, 0.6) is 17.2 Å². The molecule has 6 rings (SSSR count). The number of carbonyl (C=O) groups excluding carboxylic acids is 3. The molecular formula is C64H86N2O12Si. The first-order valence-corrected chi connectivity index (χ1v) is 31.3. The number of hydrogen-bond donors (Lipinski definition) is 0. The second kappa shape index (κ2) is 28.8. The minimum absolute atomic E-state index is 0.0615. The Balaban J connectivity index is 1.37. The van der Waals surface area contributed by atoms with Crippen molar-refractivity contribution in [3.8, 4) is 17.2 Å². The van der Waals surface area contributed by atoms with E-state index in [-0.39, 0.29) is 30.8 Å². The molecule has 0 saturated carbocycles. The zero-order chi connectivity index (χ0) is 57.3. The molecule has 1 unspecified atom stereocenters. The summed E-state index contributed by atoms with van der Waals surface area (Å²) in [5.41, 5.74) is 0.769. The van der Waals surface area contributed by atoms with Crippen molar-refractivity contribution in [3.63, 3.8) is 0 Å². The van der Waals surface area contributed by atoms with Crippen LogP contribution in [0.1, 0.15) is 169 Å². The first-order valence-electron chi connectivity index (χ1n) is 28.4. The Morgan fingerprint density at radius 3 is 1.76 bits per heavy atom. The van der Waals surface area contributed by atoms with Crippen LogP contribution in [0.3, 0.4) is 0 Å². The van der Waals surface area contributed by atoms with E-state index in [0.717, 1.165) is 57.7 Å². The van der Waals surface area contributed by atoms with E-state index >= 15 is 4.79 Å². The highest BCUT2D eigenvalue weighted by Crippen LogP contribution is 2.46. The Hall–Kier alpha value is -6.13. The number of methoxy groups -OCH3 is 2. The minimum atomic E-state index is -2.86. The predicted molar refractivity (Wildman–Crippen MR) is 311 cm³/mol. The molecule has 1 fully saturated rings. The van der Waals surface area contributed by atoms with Gasteiger partial charge in [0.15, 0.2) is 20.6 Å². The van der Waals surface area contributed by atoms with Crippen molar-refractivity contribution in [2.45, 2.75) is 187 Å². The third-order valence-corrected chi connectivity index (χ3v) is 20.2. The molecule has 2 heterocycles. The van der Waals surface area contributed by atoms with Crippen LogP contribution in [0.2, 0.25) is 18.1 Å². The van der Waals surface area contributed by atoms with Crippen LogP contribution >= 0.6 is 0 Å². The highest BCUT2D eigenvalue weighted by atomic mass is 28.4.